The Labute approximate surface area is 165 Å². The lowest BCUT2D eigenvalue weighted by Gasteiger charge is -2.03. The van der Waals surface area contributed by atoms with Gasteiger partial charge in [-0.25, -0.2) is 4.68 Å². The van der Waals surface area contributed by atoms with Crippen molar-refractivity contribution in [2.45, 2.75) is 20.8 Å². The van der Waals surface area contributed by atoms with Crippen LogP contribution in [0.1, 0.15) is 16.8 Å². The molecule has 0 N–H and O–H groups in total. The molecule has 0 spiro atoms. The van der Waals surface area contributed by atoms with E-state index in [1.165, 1.54) is 22.5 Å². The quantitative estimate of drug-likeness (QED) is 0.467. The van der Waals surface area contributed by atoms with Gasteiger partial charge in [0.15, 0.2) is 5.69 Å². The topological polar surface area (TPSA) is 73.8 Å². The molecule has 0 amide bonds. The Balaban J connectivity index is 1.58. The Morgan fingerprint density at radius 1 is 0.786 bits per heavy atom. The van der Waals surface area contributed by atoms with Gasteiger partial charge in [0, 0.05) is 5.56 Å². The summed E-state index contributed by atoms with van der Waals surface area (Å²) in [5.41, 5.74) is 6.01. The van der Waals surface area contributed by atoms with Crippen LogP contribution in [0.3, 0.4) is 0 Å². The van der Waals surface area contributed by atoms with Gasteiger partial charge in [0.1, 0.15) is 5.01 Å². The molecule has 0 saturated carbocycles. The number of hydrogen-bond acceptors (Lipinski definition) is 6. The number of benzene rings is 2. The van der Waals surface area contributed by atoms with Crippen LogP contribution in [0.2, 0.25) is 0 Å². The van der Waals surface area contributed by atoms with E-state index in [1.54, 1.807) is 4.52 Å². The van der Waals surface area contributed by atoms with Crippen LogP contribution in [0.5, 0.6) is 0 Å². The van der Waals surface area contributed by atoms with Crippen LogP contribution in [0.15, 0.2) is 48.5 Å². The maximum Gasteiger partial charge on any atom is 0.235 e. The summed E-state index contributed by atoms with van der Waals surface area (Å²) in [5, 5.41) is 22.9. The van der Waals surface area contributed by atoms with Crippen molar-refractivity contribution in [1.82, 2.24) is 34.8 Å². The predicted octanol–water partition coefficient (Wildman–Crippen LogP) is 4.03. The minimum Gasteiger partial charge on any atom is -0.217 e. The highest BCUT2D eigenvalue weighted by Crippen LogP contribution is 2.29. The van der Waals surface area contributed by atoms with Crippen LogP contribution in [-0.2, 0) is 0 Å². The second-order valence-corrected chi connectivity index (χ2v) is 7.72. The van der Waals surface area contributed by atoms with E-state index in [4.69, 9.17) is 5.10 Å². The zero-order valence-corrected chi connectivity index (χ0v) is 16.5. The molecule has 3 aromatic heterocycles. The van der Waals surface area contributed by atoms with Crippen molar-refractivity contribution >= 4 is 16.3 Å². The SMILES string of the molecule is Cc1ccc(-c2nn3c(-c4nnn(-c5ccc(C)cc5)c4C)nnc3s2)cc1. The summed E-state index contributed by atoms with van der Waals surface area (Å²) in [4.78, 5) is 0.731. The second-order valence-electron chi connectivity index (χ2n) is 6.76. The van der Waals surface area contributed by atoms with E-state index < -0.39 is 0 Å². The lowest BCUT2D eigenvalue weighted by atomic mass is 10.2. The first-order valence-electron chi connectivity index (χ1n) is 8.89. The molecular weight excluding hydrogens is 370 g/mol. The number of nitrogens with zero attached hydrogens (tertiary/aromatic N) is 7. The van der Waals surface area contributed by atoms with Crippen LogP contribution in [-0.4, -0.2) is 34.8 Å². The Bertz CT molecular complexity index is 1280. The van der Waals surface area contributed by atoms with Crippen molar-refractivity contribution in [3.63, 3.8) is 0 Å². The zero-order chi connectivity index (χ0) is 19.3. The molecule has 0 aliphatic heterocycles. The predicted molar refractivity (Wildman–Crippen MR) is 109 cm³/mol. The van der Waals surface area contributed by atoms with Crippen LogP contribution in [0.4, 0.5) is 0 Å². The number of hydrogen-bond donors (Lipinski definition) is 0. The van der Waals surface area contributed by atoms with Gasteiger partial charge in [-0.05, 0) is 32.9 Å². The summed E-state index contributed by atoms with van der Waals surface area (Å²) >= 11 is 1.51. The van der Waals surface area contributed by atoms with Gasteiger partial charge in [-0.2, -0.15) is 9.61 Å². The summed E-state index contributed by atoms with van der Waals surface area (Å²) in [5.74, 6) is 0.598. The average Bonchev–Trinajstić information content (AvgIpc) is 3.38. The van der Waals surface area contributed by atoms with Gasteiger partial charge in [0.05, 0.1) is 11.4 Å². The molecule has 0 atom stereocenters. The van der Waals surface area contributed by atoms with Gasteiger partial charge < -0.3 is 0 Å². The summed E-state index contributed by atoms with van der Waals surface area (Å²) in [6, 6.07) is 16.5. The summed E-state index contributed by atoms with van der Waals surface area (Å²) in [6.45, 7) is 6.11. The molecule has 138 valence electrons. The Kier molecular flexibility index (Phi) is 3.80. The van der Waals surface area contributed by atoms with Crippen molar-refractivity contribution in [2.24, 2.45) is 0 Å². The third kappa shape index (κ3) is 2.69. The van der Waals surface area contributed by atoms with E-state index >= 15 is 0 Å². The van der Waals surface area contributed by atoms with Crippen LogP contribution in [0, 0.1) is 20.8 Å². The summed E-state index contributed by atoms with van der Waals surface area (Å²) < 4.78 is 3.56. The van der Waals surface area contributed by atoms with Gasteiger partial charge in [0.2, 0.25) is 10.8 Å². The maximum absolute atomic E-state index is 4.72. The van der Waals surface area contributed by atoms with E-state index in [-0.39, 0.29) is 0 Å². The third-order valence-corrected chi connectivity index (χ3v) is 5.62. The van der Waals surface area contributed by atoms with Gasteiger partial charge in [-0.15, -0.1) is 15.3 Å². The van der Waals surface area contributed by atoms with Gasteiger partial charge in [0.25, 0.3) is 0 Å². The lowest BCUT2D eigenvalue weighted by Crippen LogP contribution is -1.99. The zero-order valence-electron chi connectivity index (χ0n) is 15.7. The molecule has 0 fully saturated rings. The van der Waals surface area contributed by atoms with E-state index in [9.17, 15) is 0 Å². The standard InChI is InChI=1S/C20H17N7S/c1-12-4-8-15(9-5-12)19-24-27-18(22-23-20(27)28-19)17-14(3)26(25-21-17)16-10-6-13(2)7-11-16/h4-11H,1-3H3. The molecule has 2 aromatic carbocycles. The molecule has 3 heterocycles. The molecule has 0 saturated heterocycles. The van der Waals surface area contributed by atoms with Crippen molar-refractivity contribution in [2.75, 3.05) is 0 Å². The molecule has 0 aliphatic carbocycles. The molecule has 7 nitrogen and oxygen atoms in total. The molecule has 8 heteroatoms. The molecule has 0 bridgehead atoms. The van der Waals surface area contributed by atoms with E-state index in [1.807, 2.05) is 23.7 Å². The van der Waals surface area contributed by atoms with Crippen molar-refractivity contribution in [3.8, 4) is 27.8 Å². The molecule has 5 rings (SSSR count). The smallest absolute Gasteiger partial charge is 0.217 e. The minimum atomic E-state index is 0.598. The third-order valence-electron chi connectivity index (χ3n) is 4.67. The van der Waals surface area contributed by atoms with Crippen molar-refractivity contribution in [1.29, 1.82) is 0 Å². The van der Waals surface area contributed by atoms with E-state index in [0.717, 1.165) is 26.9 Å². The highest BCUT2D eigenvalue weighted by atomic mass is 32.1. The fourth-order valence-corrected chi connectivity index (χ4v) is 3.89. The van der Waals surface area contributed by atoms with Gasteiger partial charge >= 0.3 is 0 Å². The molecule has 0 radical (unpaired) electrons. The summed E-state index contributed by atoms with van der Waals surface area (Å²) in [6.07, 6.45) is 0. The van der Waals surface area contributed by atoms with Crippen molar-refractivity contribution in [3.05, 3.63) is 65.4 Å². The second kappa shape index (κ2) is 6.35. The first kappa shape index (κ1) is 16.8. The highest BCUT2D eigenvalue weighted by molar-refractivity contribution is 7.19. The van der Waals surface area contributed by atoms with E-state index in [0.29, 0.717) is 11.5 Å². The largest absolute Gasteiger partial charge is 0.235 e. The van der Waals surface area contributed by atoms with E-state index in [2.05, 4.69) is 70.8 Å². The number of aromatic nitrogens is 7. The molecular formula is C20H17N7S. The van der Waals surface area contributed by atoms with Crippen molar-refractivity contribution < 1.29 is 0 Å². The van der Waals surface area contributed by atoms with Crippen LogP contribution in [0.25, 0.3) is 32.7 Å². The molecule has 0 unspecified atom stereocenters. The first-order chi connectivity index (χ1) is 13.6. The Morgan fingerprint density at radius 3 is 2.18 bits per heavy atom. The highest BCUT2D eigenvalue weighted by Gasteiger charge is 2.20. The number of aryl methyl sites for hydroxylation is 2. The number of fused-ring (bicyclic) bond motifs is 1. The number of rotatable bonds is 3. The van der Waals surface area contributed by atoms with Gasteiger partial charge in [-0.1, -0.05) is 64.1 Å². The molecule has 28 heavy (non-hydrogen) atoms. The molecule has 0 aliphatic rings. The van der Waals surface area contributed by atoms with Crippen LogP contribution >= 0.6 is 11.3 Å². The van der Waals surface area contributed by atoms with Crippen LogP contribution < -0.4 is 0 Å². The minimum absolute atomic E-state index is 0.598. The average molecular weight is 387 g/mol. The first-order valence-corrected chi connectivity index (χ1v) is 9.71. The monoisotopic (exact) mass is 387 g/mol. The van der Waals surface area contributed by atoms with Gasteiger partial charge in [-0.3, -0.25) is 0 Å². The fourth-order valence-electron chi connectivity index (χ4n) is 3.04. The fraction of sp³-hybridized carbons (Fsp3) is 0.150. The Morgan fingerprint density at radius 2 is 1.46 bits per heavy atom. The summed E-state index contributed by atoms with van der Waals surface area (Å²) in [7, 11) is 0. The molecule has 5 aromatic rings. The Hall–Kier alpha value is -3.39. The maximum atomic E-state index is 4.72. The normalized spacial score (nSPS) is 11.4. The lowest BCUT2D eigenvalue weighted by molar-refractivity contribution is 0.785.